The molecule has 0 saturated heterocycles. The summed E-state index contributed by atoms with van der Waals surface area (Å²) < 4.78 is 0. The fourth-order valence-electron chi connectivity index (χ4n) is 2.16. The zero-order valence-corrected chi connectivity index (χ0v) is 10.9. The van der Waals surface area contributed by atoms with Crippen LogP contribution in [0.4, 0.5) is 0 Å². The Labute approximate surface area is 86.1 Å². The van der Waals surface area contributed by atoms with Gasteiger partial charge in [-0.1, -0.05) is 61.3 Å². The van der Waals surface area contributed by atoms with E-state index in [1.807, 2.05) is 27.7 Å². The topological polar surface area (TPSA) is 0 Å². The van der Waals surface area contributed by atoms with Gasteiger partial charge in [0.15, 0.2) is 0 Å². The third kappa shape index (κ3) is 6.12. The molecule has 0 heterocycles. The Morgan fingerprint density at radius 2 is 1.38 bits per heavy atom. The van der Waals surface area contributed by atoms with Crippen LogP contribution in [0.25, 0.3) is 0 Å². The average molecular weight is 186 g/mol. The van der Waals surface area contributed by atoms with Crippen molar-refractivity contribution in [1.82, 2.24) is 0 Å². The molecule has 0 aromatic heterocycles. The molecule has 1 fully saturated rings. The zero-order valence-electron chi connectivity index (χ0n) is 10.9. The van der Waals surface area contributed by atoms with Gasteiger partial charge in [0.05, 0.1) is 0 Å². The fourth-order valence-corrected chi connectivity index (χ4v) is 2.16. The van der Waals surface area contributed by atoms with Gasteiger partial charge >= 0.3 is 0 Å². The van der Waals surface area contributed by atoms with Crippen LogP contribution in [0.5, 0.6) is 0 Å². The predicted octanol–water partition coefficient (Wildman–Crippen LogP) is 5.13. The second kappa shape index (κ2) is 10.1. The second-order valence-electron chi connectivity index (χ2n) is 3.82. The molecule has 1 rings (SSSR count). The summed E-state index contributed by atoms with van der Waals surface area (Å²) in [6.07, 6.45) is 4.44. The van der Waals surface area contributed by atoms with Gasteiger partial charge in [0.2, 0.25) is 0 Å². The van der Waals surface area contributed by atoms with Gasteiger partial charge in [-0.15, -0.1) is 0 Å². The smallest absolute Gasteiger partial charge is 0.0365 e. The standard InChI is InChI=1S/C9H18.2C2H6/c1-7(2)9-6-4-5-8(9)3;2*1-2/h7-9H,4-6H2,1-3H3;2*1-2H3. The van der Waals surface area contributed by atoms with Crippen molar-refractivity contribution in [3.8, 4) is 0 Å². The summed E-state index contributed by atoms with van der Waals surface area (Å²) in [5.74, 6) is 2.96. The molecule has 0 radical (unpaired) electrons. The first kappa shape index (κ1) is 15.5. The van der Waals surface area contributed by atoms with E-state index in [9.17, 15) is 0 Å². The lowest BCUT2D eigenvalue weighted by Gasteiger charge is -2.18. The summed E-state index contributed by atoms with van der Waals surface area (Å²) in [4.78, 5) is 0. The van der Waals surface area contributed by atoms with Crippen molar-refractivity contribution >= 4 is 0 Å². The summed E-state index contributed by atoms with van der Waals surface area (Å²) >= 11 is 0. The Hall–Kier alpha value is 0. The van der Waals surface area contributed by atoms with Gasteiger partial charge in [-0.2, -0.15) is 0 Å². The molecule has 0 aliphatic heterocycles. The largest absolute Gasteiger partial charge is 0.0683 e. The highest BCUT2D eigenvalue weighted by Crippen LogP contribution is 2.35. The number of hydrogen-bond acceptors (Lipinski definition) is 0. The molecule has 1 saturated carbocycles. The van der Waals surface area contributed by atoms with Crippen LogP contribution in [0.1, 0.15) is 67.7 Å². The van der Waals surface area contributed by atoms with Crippen molar-refractivity contribution < 1.29 is 0 Å². The zero-order chi connectivity index (χ0) is 10.9. The Bertz CT molecular complexity index is 84.0. The maximum absolute atomic E-state index is 2.40. The minimum absolute atomic E-state index is 0.919. The van der Waals surface area contributed by atoms with E-state index in [1.54, 1.807) is 0 Å². The van der Waals surface area contributed by atoms with Gasteiger partial charge in [0, 0.05) is 0 Å². The molecule has 0 N–H and O–H groups in total. The van der Waals surface area contributed by atoms with Crippen molar-refractivity contribution in [2.75, 3.05) is 0 Å². The fraction of sp³-hybridized carbons (Fsp3) is 1.00. The van der Waals surface area contributed by atoms with Crippen LogP contribution in [0.2, 0.25) is 0 Å². The van der Waals surface area contributed by atoms with Gasteiger partial charge in [0.1, 0.15) is 0 Å². The molecule has 2 unspecified atom stereocenters. The Morgan fingerprint density at radius 1 is 0.923 bits per heavy atom. The minimum atomic E-state index is 0.919. The third-order valence-corrected chi connectivity index (χ3v) is 2.78. The highest BCUT2D eigenvalue weighted by atomic mass is 14.3. The van der Waals surface area contributed by atoms with E-state index in [4.69, 9.17) is 0 Å². The third-order valence-electron chi connectivity index (χ3n) is 2.78. The van der Waals surface area contributed by atoms with Crippen LogP contribution in [0.15, 0.2) is 0 Å². The maximum Gasteiger partial charge on any atom is -0.0365 e. The van der Waals surface area contributed by atoms with Crippen molar-refractivity contribution in [3.63, 3.8) is 0 Å². The lowest BCUT2D eigenvalue weighted by molar-refractivity contribution is 0.314. The Kier molecular flexibility index (Phi) is 12.0. The maximum atomic E-state index is 2.40. The quantitative estimate of drug-likeness (QED) is 0.532. The summed E-state index contributed by atoms with van der Waals surface area (Å²) in [5.41, 5.74) is 0. The minimum Gasteiger partial charge on any atom is -0.0683 e. The van der Waals surface area contributed by atoms with E-state index in [-0.39, 0.29) is 0 Å². The Morgan fingerprint density at radius 3 is 1.54 bits per heavy atom. The van der Waals surface area contributed by atoms with Gasteiger partial charge in [-0.25, -0.2) is 0 Å². The molecule has 2 atom stereocenters. The first-order valence-electron chi connectivity index (χ1n) is 6.22. The second-order valence-corrected chi connectivity index (χ2v) is 3.82. The number of hydrogen-bond donors (Lipinski definition) is 0. The summed E-state index contributed by atoms with van der Waals surface area (Å²) in [6, 6.07) is 0. The van der Waals surface area contributed by atoms with Gasteiger partial charge < -0.3 is 0 Å². The monoisotopic (exact) mass is 186 g/mol. The van der Waals surface area contributed by atoms with Crippen LogP contribution >= 0.6 is 0 Å². The summed E-state index contributed by atoms with van der Waals surface area (Å²) in [5, 5.41) is 0. The predicted molar refractivity (Wildman–Crippen MR) is 64.0 cm³/mol. The van der Waals surface area contributed by atoms with Crippen LogP contribution < -0.4 is 0 Å². The molecule has 0 heteroatoms. The van der Waals surface area contributed by atoms with Crippen LogP contribution in [0, 0.1) is 17.8 Å². The van der Waals surface area contributed by atoms with E-state index in [0.29, 0.717) is 0 Å². The molecular formula is C13H30. The van der Waals surface area contributed by atoms with Crippen LogP contribution in [0.3, 0.4) is 0 Å². The van der Waals surface area contributed by atoms with E-state index in [2.05, 4.69) is 20.8 Å². The van der Waals surface area contributed by atoms with E-state index in [0.717, 1.165) is 17.8 Å². The highest BCUT2D eigenvalue weighted by Gasteiger charge is 2.25. The van der Waals surface area contributed by atoms with Crippen molar-refractivity contribution in [2.24, 2.45) is 17.8 Å². The lowest BCUT2D eigenvalue weighted by Crippen LogP contribution is -2.10. The van der Waals surface area contributed by atoms with Crippen LogP contribution in [-0.4, -0.2) is 0 Å². The first-order chi connectivity index (χ1) is 6.22. The SMILES string of the molecule is CC.CC.CC(C)C1CCCC1C. The highest BCUT2D eigenvalue weighted by molar-refractivity contribution is 4.75. The summed E-state index contributed by atoms with van der Waals surface area (Å²) in [6.45, 7) is 15.1. The number of rotatable bonds is 1. The Balaban J connectivity index is 0. The van der Waals surface area contributed by atoms with Gasteiger partial charge in [0.25, 0.3) is 0 Å². The molecule has 1 aliphatic carbocycles. The van der Waals surface area contributed by atoms with E-state index in [1.165, 1.54) is 19.3 Å². The molecule has 82 valence electrons. The molecule has 0 amide bonds. The molecule has 0 nitrogen and oxygen atoms in total. The van der Waals surface area contributed by atoms with Crippen molar-refractivity contribution in [3.05, 3.63) is 0 Å². The lowest BCUT2D eigenvalue weighted by atomic mass is 9.87. The van der Waals surface area contributed by atoms with E-state index >= 15 is 0 Å². The van der Waals surface area contributed by atoms with Gasteiger partial charge in [-0.05, 0) is 24.2 Å². The molecule has 0 aromatic rings. The van der Waals surface area contributed by atoms with Crippen molar-refractivity contribution in [1.29, 1.82) is 0 Å². The molecular weight excluding hydrogens is 156 g/mol. The molecule has 0 spiro atoms. The normalized spacial score (nSPS) is 25.8. The first-order valence-corrected chi connectivity index (χ1v) is 6.22. The summed E-state index contributed by atoms with van der Waals surface area (Å²) in [7, 11) is 0. The molecule has 0 aromatic carbocycles. The average Bonchev–Trinajstić information content (AvgIpc) is 2.58. The molecule has 1 aliphatic rings. The molecule has 13 heavy (non-hydrogen) atoms. The van der Waals surface area contributed by atoms with E-state index < -0.39 is 0 Å². The van der Waals surface area contributed by atoms with Crippen molar-refractivity contribution in [2.45, 2.75) is 67.7 Å². The van der Waals surface area contributed by atoms with Crippen LogP contribution in [-0.2, 0) is 0 Å². The van der Waals surface area contributed by atoms with Gasteiger partial charge in [-0.3, -0.25) is 0 Å². The molecule has 0 bridgehead atoms.